The predicted molar refractivity (Wildman–Crippen MR) is 45.7 cm³/mol. The van der Waals surface area contributed by atoms with Crippen molar-refractivity contribution >= 4 is 17.8 Å². The summed E-state index contributed by atoms with van der Waals surface area (Å²) in [6.45, 7) is 0. The van der Waals surface area contributed by atoms with Crippen LogP contribution >= 0.6 is 0 Å². The quantitative estimate of drug-likeness (QED) is 0.512. The van der Waals surface area contributed by atoms with Crippen LogP contribution in [0.2, 0.25) is 0 Å². The van der Waals surface area contributed by atoms with Gasteiger partial charge in [-0.25, -0.2) is 4.79 Å². The van der Waals surface area contributed by atoms with Crippen molar-refractivity contribution in [2.24, 2.45) is 0 Å². The van der Waals surface area contributed by atoms with Crippen molar-refractivity contribution in [3.05, 3.63) is 34.9 Å². The Hall–Kier alpha value is -2.21. The molecule has 6 nitrogen and oxygen atoms in total. The molecule has 1 aliphatic rings. The van der Waals surface area contributed by atoms with E-state index in [1.54, 1.807) is 0 Å². The second-order valence-electron chi connectivity index (χ2n) is 2.99. The van der Waals surface area contributed by atoms with Crippen LogP contribution in [-0.4, -0.2) is 33.2 Å². The number of fused-ring (bicyclic) bond motifs is 1. The molecule has 0 bridgehead atoms. The Morgan fingerprint density at radius 1 is 1.13 bits per heavy atom. The number of benzene rings is 1. The predicted octanol–water partition coefficient (Wildman–Crippen LogP) is 0.370. The van der Waals surface area contributed by atoms with Crippen LogP contribution < -0.4 is 0 Å². The Balaban J connectivity index is 2.61. The number of aromatic carboxylic acids is 1. The van der Waals surface area contributed by atoms with Gasteiger partial charge in [0.1, 0.15) is 0 Å². The Labute approximate surface area is 83.3 Å². The van der Waals surface area contributed by atoms with Crippen LogP contribution in [-0.2, 0) is 0 Å². The van der Waals surface area contributed by atoms with Crippen molar-refractivity contribution in [3.63, 3.8) is 0 Å². The van der Waals surface area contributed by atoms with E-state index < -0.39 is 17.8 Å². The van der Waals surface area contributed by atoms with Gasteiger partial charge < -0.3 is 5.11 Å². The van der Waals surface area contributed by atoms with Gasteiger partial charge in [-0.3, -0.25) is 14.8 Å². The molecule has 1 aromatic carbocycles. The SMILES string of the molecule is O=C(O)c1ccc2c(c1)C(=O)N(O)C2=O. The van der Waals surface area contributed by atoms with Crippen LogP contribution in [0.25, 0.3) is 0 Å². The molecule has 0 saturated carbocycles. The van der Waals surface area contributed by atoms with Gasteiger partial charge >= 0.3 is 5.97 Å². The lowest BCUT2D eigenvalue weighted by Gasteiger charge is -1.99. The second-order valence-corrected chi connectivity index (χ2v) is 2.99. The minimum Gasteiger partial charge on any atom is -0.478 e. The second kappa shape index (κ2) is 2.89. The first-order valence-electron chi connectivity index (χ1n) is 3.97. The lowest BCUT2D eigenvalue weighted by atomic mass is 10.1. The minimum atomic E-state index is -1.20. The molecule has 2 N–H and O–H groups in total. The Bertz CT molecular complexity index is 493. The summed E-state index contributed by atoms with van der Waals surface area (Å²) >= 11 is 0. The van der Waals surface area contributed by atoms with Crippen molar-refractivity contribution < 1.29 is 24.7 Å². The molecule has 6 heteroatoms. The fourth-order valence-corrected chi connectivity index (χ4v) is 1.36. The first kappa shape index (κ1) is 9.35. The number of carbonyl (C=O) groups excluding carboxylic acids is 2. The van der Waals surface area contributed by atoms with Gasteiger partial charge in [0.05, 0.1) is 16.7 Å². The maximum atomic E-state index is 11.2. The van der Waals surface area contributed by atoms with Gasteiger partial charge in [-0.2, -0.15) is 0 Å². The first-order valence-corrected chi connectivity index (χ1v) is 3.97. The summed E-state index contributed by atoms with van der Waals surface area (Å²) in [5.74, 6) is -2.94. The van der Waals surface area contributed by atoms with Gasteiger partial charge in [-0.15, -0.1) is 5.06 Å². The fourth-order valence-electron chi connectivity index (χ4n) is 1.36. The smallest absolute Gasteiger partial charge is 0.335 e. The van der Waals surface area contributed by atoms with Gasteiger partial charge in [0.2, 0.25) is 0 Å². The monoisotopic (exact) mass is 207 g/mol. The van der Waals surface area contributed by atoms with Crippen LogP contribution in [0.5, 0.6) is 0 Å². The number of imide groups is 1. The summed E-state index contributed by atoms with van der Waals surface area (Å²) in [7, 11) is 0. The highest BCUT2D eigenvalue weighted by Gasteiger charge is 2.35. The molecule has 1 aliphatic heterocycles. The van der Waals surface area contributed by atoms with Crippen LogP contribution in [0.1, 0.15) is 31.1 Å². The molecule has 0 aliphatic carbocycles. The number of carbonyl (C=O) groups is 3. The first-order chi connectivity index (χ1) is 7.02. The standard InChI is InChI=1S/C9H5NO5/c11-7-5-2-1-4(9(13)14)3-6(5)8(12)10(7)15/h1-3,15H,(H,13,14). The van der Waals surface area contributed by atoms with Crippen molar-refractivity contribution in [1.29, 1.82) is 0 Å². The van der Waals surface area contributed by atoms with E-state index in [9.17, 15) is 14.4 Å². The number of nitrogens with zero attached hydrogens (tertiary/aromatic N) is 1. The summed E-state index contributed by atoms with van der Waals surface area (Å²) in [4.78, 5) is 33.0. The van der Waals surface area contributed by atoms with E-state index in [0.717, 1.165) is 6.07 Å². The number of hydroxylamine groups is 2. The van der Waals surface area contributed by atoms with Gasteiger partial charge in [0, 0.05) is 0 Å². The molecule has 76 valence electrons. The summed E-state index contributed by atoms with van der Waals surface area (Å²) in [6, 6.07) is 3.47. The van der Waals surface area contributed by atoms with E-state index in [2.05, 4.69) is 0 Å². The highest BCUT2D eigenvalue weighted by molar-refractivity contribution is 6.20. The minimum absolute atomic E-state index is 0.00694. The molecule has 1 heterocycles. The molecule has 2 amide bonds. The number of carboxylic acid groups (broad SMARTS) is 1. The van der Waals surface area contributed by atoms with Crippen LogP contribution in [0.3, 0.4) is 0 Å². The van der Waals surface area contributed by atoms with E-state index in [1.165, 1.54) is 12.1 Å². The van der Waals surface area contributed by atoms with Gasteiger partial charge in [-0.1, -0.05) is 0 Å². The lowest BCUT2D eigenvalue weighted by Crippen LogP contribution is -2.25. The molecule has 0 fully saturated rings. The van der Waals surface area contributed by atoms with Gasteiger partial charge in [0.25, 0.3) is 11.8 Å². The van der Waals surface area contributed by atoms with Crippen LogP contribution in [0.4, 0.5) is 0 Å². The number of rotatable bonds is 1. The average molecular weight is 207 g/mol. The normalized spacial score (nSPS) is 14.3. The summed E-state index contributed by atoms with van der Waals surface area (Å²) in [5.41, 5.74) is -0.194. The van der Waals surface area contributed by atoms with Gasteiger partial charge in [0.15, 0.2) is 0 Å². The molecular formula is C9H5NO5. The Morgan fingerprint density at radius 3 is 2.33 bits per heavy atom. The third-order valence-corrected chi connectivity index (χ3v) is 2.11. The Morgan fingerprint density at radius 2 is 1.73 bits per heavy atom. The topological polar surface area (TPSA) is 94.9 Å². The summed E-state index contributed by atoms with van der Waals surface area (Å²) in [6.07, 6.45) is 0. The maximum absolute atomic E-state index is 11.2. The largest absolute Gasteiger partial charge is 0.478 e. The van der Waals surface area contributed by atoms with Crippen LogP contribution in [0.15, 0.2) is 18.2 Å². The molecule has 15 heavy (non-hydrogen) atoms. The summed E-state index contributed by atoms with van der Waals surface area (Å²) in [5, 5.41) is 17.6. The molecule has 0 spiro atoms. The third-order valence-electron chi connectivity index (χ3n) is 2.11. The number of amides is 2. The zero-order valence-corrected chi connectivity index (χ0v) is 7.30. The van der Waals surface area contributed by atoms with Crippen molar-refractivity contribution in [2.45, 2.75) is 0 Å². The van der Waals surface area contributed by atoms with E-state index in [1.807, 2.05) is 0 Å². The molecule has 0 unspecified atom stereocenters. The molecule has 0 aromatic heterocycles. The number of hydrogen-bond donors (Lipinski definition) is 2. The molecular weight excluding hydrogens is 202 g/mol. The van der Waals surface area contributed by atoms with E-state index in [4.69, 9.17) is 10.3 Å². The number of carboxylic acids is 1. The van der Waals surface area contributed by atoms with Crippen molar-refractivity contribution in [1.82, 2.24) is 5.06 Å². The molecule has 2 rings (SSSR count). The zero-order chi connectivity index (χ0) is 11.2. The molecule has 1 aromatic rings. The van der Waals surface area contributed by atoms with E-state index >= 15 is 0 Å². The van der Waals surface area contributed by atoms with E-state index in [-0.39, 0.29) is 21.8 Å². The van der Waals surface area contributed by atoms with E-state index in [0.29, 0.717) is 0 Å². The average Bonchev–Trinajstić information content (AvgIpc) is 2.44. The highest BCUT2D eigenvalue weighted by atomic mass is 16.5. The fraction of sp³-hybridized carbons (Fsp3) is 0. The molecule has 0 atom stereocenters. The third kappa shape index (κ3) is 1.19. The number of hydrogen-bond acceptors (Lipinski definition) is 4. The van der Waals surface area contributed by atoms with Crippen molar-refractivity contribution in [2.75, 3.05) is 0 Å². The van der Waals surface area contributed by atoms with Gasteiger partial charge in [-0.05, 0) is 18.2 Å². The lowest BCUT2D eigenvalue weighted by molar-refractivity contribution is -0.0327. The molecule has 0 radical (unpaired) electrons. The summed E-state index contributed by atoms with van der Waals surface area (Å²) < 4.78 is 0. The maximum Gasteiger partial charge on any atom is 0.335 e. The zero-order valence-electron chi connectivity index (χ0n) is 7.30. The highest BCUT2D eigenvalue weighted by Crippen LogP contribution is 2.22. The molecule has 0 saturated heterocycles. The van der Waals surface area contributed by atoms with Crippen LogP contribution in [0, 0.1) is 0 Å². The van der Waals surface area contributed by atoms with Crippen molar-refractivity contribution in [3.8, 4) is 0 Å². The Kier molecular flexibility index (Phi) is 1.80.